The molecule has 0 saturated heterocycles. The Morgan fingerprint density at radius 3 is 3.08 bits per heavy atom. The van der Waals surface area contributed by atoms with Crippen LogP contribution in [0.2, 0.25) is 0 Å². The second kappa shape index (κ2) is 4.45. The fraction of sp³-hybridized carbons (Fsp3) is 0.333. The van der Waals surface area contributed by atoms with Gasteiger partial charge in [-0.15, -0.1) is 0 Å². The lowest BCUT2D eigenvalue weighted by Crippen LogP contribution is -2.04. The summed E-state index contributed by atoms with van der Waals surface area (Å²) in [6, 6.07) is 3.65. The molecule has 1 heterocycles. The Morgan fingerprint density at radius 2 is 2.46 bits per heavy atom. The van der Waals surface area contributed by atoms with Gasteiger partial charge in [0.15, 0.2) is 0 Å². The van der Waals surface area contributed by atoms with Gasteiger partial charge in [0.2, 0.25) is 0 Å². The molecular weight excluding hydrogens is 168 g/mol. The lowest BCUT2D eigenvalue weighted by molar-refractivity contribution is -0.140. The van der Waals surface area contributed by atoms with E-state index < -0.39 is 0 Å². The van der Waals surface area contributed by atoms with Crippen LogP contribution in [0.1, 0.15) is 12.0 Å². The van der Waals surface area contributed by atoms with Gasteiger partial charge in [0.05, 0.1) is 7.11 Å². The maximum absolute atomic E-state index is 10.8. The van der Waals surface area contributed by atoms with E-state index in [4.69, 9.17) is 5.73 Å². The highest BCUT2D eigenvalue weighted by Gasteiger charge is 2.03. The van der Waals surface area contributed by atoms with E-state index in [2.05, 4.69) is 9.72 Å². The van der Waals surface area contributed by atoms with Crippen LogP contribution in [0.25, 0.3) is 0 Å². The van der Waals surface area contributed by atoms with Gasteiger partial charge in [-0.05, 0) is 18.1 Å². The van der Waals surface area contributed by atoms with Crippen LogP contribution in [-0.4, -0.2) is 18.1 Å². The van der Waals surface area contributed by atoms with Gasteiger partial charge in [0.25, 0.3) is 0 Å². The highest BCUT2D eigenvalue weighted by Crippen LogP contribution is 2.09. The number of carbonyl (C=O) groups excluding carboxylic acids is 1. The van der Waals surface area contributed by atoms with Crippen molar-refractivity contribution in [3.8, 4) is 0 Å². The molecule has 1 aromatic heterocycles. The molecule has 70 valence electrons. The van der Waals surface area contributed by atoms with Crippen molar-refractivity contribution in [1.29, 1.82) is 0 Å². The maximum atomic E-state index is 10.8. The number of rotatable bonds is 3. The molecule has 0 radical (unpaired) electrons. The van der Waals surface area contributed by atoms with Crippen molar-refractivity contribution in [2.45, 2.75) is 12.8 Å². The van der Waals surface area contributed by atoms with Crippen LogP contribution in [0.5, 0.6) is 0 Å². The van der Waals surface area contributed by atoms with E-state index in [-0.39, 0.29) is 5.97 Å². The molecule has 0 amide bonds. The van der Waals surface area contributed by atoms with Gasteiger partial charge in [-0.2, -0.15) is 0 Å². The molecule has 0 aromatic carbocycles. The van der Waals surface area contributed by atoms with Gasteiger partial charge >= 0.3 is 5.97 Å². The first-order valence-corrected chi connectivity index (χ1v) is 4.00. The summed E-state index contributed by atoms with van der Waals surface area (Å²) < 4.78 is 4.51. The molecule has 1 aromatic rings. The molecule has 4 nitrogen and oxygen atoms in total. The van der Waals surface area contributed by atoms with Crippen LogP contribution in [0.4, 0.5) is 5.82 Å². The fourth-order valence-electron chi connectivity index (χ4n) is 1.00. The third kappa shape index (κ3) is 2.74. The number of carbonyl (C=O) groups is 1. The number of hydrogen-bond donors (Lipinski definition) is 1. The predicted octanol–water partition coefficient (Wildman–Crippen LogP) is 0.769. The number of nitrogen functional groups attached to an aromatic ring is 1. The van der Waals surface area contributed by atoms with Gasteiger partial charge in [0, 0.05) is 12.6 Å². The van der Waals surface area contributed by atoms with E-state index in [0.717, 1.165) is 5.56 Å². The van der Waals surface area contributed by atoms with Crippen molar-refractivity contribution in [3.63, 3.8) is 0 Å². The summed E-state index contributed by atoms with van der Waals surface area (Å²) >= 11 is 0. The molecule has 0 aliphatic carbocycles. The lowest BCUT2D eigenvalue weighted by atomic mass is 10.1. The van der Waals surface area contributed by atoms with Crippen LogP contribution in [0, 0.1) is 0 Å². The predicted molar refractivity (Wildman–Crippen MR) is 49.0 cm³/mol. The highest BCUT2D eigenvalue weighted by molar-refractivity contribution is 5.69. The van der Waals surface area contributed by atoms with Crippen molar-refractivity contribution >= 4 is 11.8 Å². The molecule has 0 fully saturated rings. The molecular formula is C9H12N2O2. The molecule has 0 bridgehead atoms. The molecule has 0 unspecified atom stereocenters. The Kier molecular flexibility index (Phi) is 3.25. The molecule has 4 heteroatoms. The first kappa shape index (κ1) is 9.51. The molecule has 1 rings (SSSR count). The maximum Gasteiger partial charge on any atom is 0.305 e. The Labute approximate surface area is 76.7 Å². The summed E-state index contributed by atoms with van der Waals surface area (Å²) in [5.74, 6) is 0.245. The Hall–Kier alpha value is -1.58. The largest absolute Gasteiger partial charge is 0.469 e. The Balaban J connectivity index is 2.54. The summed E-state index contributed by atoms with van der Waals surface area (Å²) in [6.07, 6.45) is 2.54. The number of aromatic nitrogens is 1. The standard InChI is InChI=1S/C9H12N2O2/c1-13-8(12)5-4-7-3-2-6-11-9(7)10/h2-3,6H,4-5H2,1H3,(H2,10,11). The second-order valence-corrected chi connectivity index (χ2v) is 2.62. The number of anilines is 1. The Morgan fingerprint density at radius 1 is 1.69 bits per heavy atom. The monoisotopic (exact) mass is 180 g/mol. The van der Waals surface area contributed by atoms with Crippen LogP contribution >= 0.6 is 0 Å². The summed E-state index contributed by atoms with van der Waals surface area (Å²) in [7, 11) is 1.37. The van der Waals surface area contributed by atoms with E-state index in [1.807, 2.05) is 6.07 Å². The van der Waals surface area contributed by atoms with Gasteiger partial charge in [-0.25, -0.2) is 4.98 Å². The molecule has 0 aliphatic heterocycles. The number of ether oxygens (including phenoxy) is 1. The van der Waals surface area contributed by atoms with Crippen LogP contribution < -0.4 is 5.73 Å². The van der Waals surface area contributed by atoms with Crippen molar-refractivity contribution in [2.75, 3.05) is 12.8 Å². The third-order valence-corrected chi connectivity index (χ3v) is 1.75. The van der Waals surface area contributed by atoms with E-state index in [1.54, 1.807) is 12.3 Å². The van der Waals surface area contributed by atoms with Gasteiger partial charge in [-0.1, -0.05) is 6.07 Å². The highest BCUT2D eigenvalue weighted by atomic mass is 16.5. The zero-order valence-corrected chi connectivity index (χ0v) is 7.49. The van der Waals surface area contributed by atoms with E-state index in [9.17, 15) is 4.79 Å². The smallest absolute Gasteiger partial charge is 0.305 e. The molecule has 0 saturated carbocycles. The number of methoxy groups -OCH3 is 1. The van der Waals surface area contributed by atoms with Crippen LogP contribution in [-0.2, 0) is 16.0 Å². The van der Waals surface area contributed by atoms with E-state index >= 15 is 0 Å². The van der Waals surface area contributed by atoms with Crippen molar-refractivity contribution in [1.82, 2.24) is 4.98 Å². The topological polar surface area (TPSA) is 65.2 Å². The van der Waals surface area contributed by atoms with Gasteiger partial charge in [0.1, 0.15) is 5.82 Å². The van der Waals surface area contributed by atoms with Gasteiger partial charge in [-0.3, -0.25) is 4.79 Å². The average Bonchev–Trinajstić information content (AvgIpc) is 2.16. The minimum atomic E-state index is -0.233. The van der Waals surface area contributed by atoms with Crippen molar-refractivity contribution in [3.05, 3.63) is 23.9 Å². The van der Waals surface area contributed by atoms with E-state index in [0.29, 0.717) is 18.7 Å². The number of aryl methyl sites for hydroxylation is 1. The zero-order valence-electron chi connectivity index (χ0n) is 7.49. The first-order chi connectivity index (χ1) is 6.24. The lowest BCUT2D eigenvalue weighted by Gasteiger charge is -2.02. The minimum absolute atomic E-state index is 0.233. The number of nitrogens with two attached hydrogens (primary N) is 1. The van der Waals surface area contributed by atoms with Crippen molar-refractivity contribution in [2.24, 2.45) is 0 Å². The third-order valence-electron chi connectivity index (χ3n) is 1.75. The first-order valence-electron chi connectivity index (χ1n) is 4.00. The fourth-order valence-corrected chi connectivity index (χ4v) is 1.00. The summed E-state index contributed by atoms with van der Waals surface area (Å²) in [5, 5.41) is 0. The van der Waals surface area contributed by atoms with Gasteiger partial charge < -0.3 is 10.5 Å². The van der Waals surface area contributed by atoms with Crippen LogP contribution in [0.3, 0.4) is 0 Å². The normalized spacial score (nSPS) is 9.62. The molecule has 0 spiro atoms. The van der Waals surface area contributed by atoms with E-state index in [1.165, 1.54) is 7.11 Å². The SMILES string of the molecule is COC(=O)CCc1cccnc1N. The molecule has 0 aliphatic rings. The zero-order chi connectivity index (χ0) is 9.68. The minimum Gasteiger partial charge on any atom is -0.469 e. The van der Waals surface area contributed by atoms with Crippen molar-refractivity contribution < 1.29 is 9.53 Å². The summed E-state index contributed by atoms with van der Waals surface area (Å²) in [6.45, 7) is 0. The summed E-state index contributed by atoms with van der Waals surface area (Å²) in [5.41, 5.74) is 6.47. The Bertz CT molecular complexity index is 299. The molecule has 0 atom stereocenters. The number of hydrogen-bond acceptors (Lipinski definition) is 4. The number of pyridine rings is 1. The number of nitrogens with zero attached hydrogens (tertiary/aromatic N) is 1. The number of esters is 1. The average molecular weight is 180 g/mol. The molecule has 2 N–H and O–H groups in total. The second-order valence-electron chi connectivity index (χ2n) is 2.62. The molecule has 13 heavy (non-hydrogen) atoms. The summed E-state index contributed by atoms with van der Waals surface area (Å²) in [4.78, 5) is 14.7. The van der Waals surface area contributed by atoms with Crippen LogP contribution in [0.15, 0.2) is 18.3 Å². The quantitative estimate of drug-likeness (QED) is 0.698.